The lowest BCUT2D eigenvalue weighted by molar-refractivity contribution is 0.542. The van der Waals surface area contributed by atoms with Gasteiger partial charge in [-0.1, -0.05) is 13.3 Å². The number of furan rings is 1. The van der Waals surface area contributed by atoms with E-state index in [9.17, 15) is 0 Å². The maximum Gasteiger partial charge on any atom is 0.178 e. The number of nitrogens with two attached hydrogens (primary N) is 1. The van der Waals surface area contributed by atoms with Crippen LogP contribution in [0.2, 0.25) is 0 Å². The van der Waals surface area contributed by atoms with Crippen molar-refractivity contribution in [2.75, 3.05) is 5.73 Å². The van der Waals surface area contributed by atoms with Crippen molar-refractivity contribution in [3.8, 4) is 11.3 Å². The van der Waals surface area contributed by atoms with Gasteiger partial charge in [0.25, 0.3) is 0 Å². The second-order valence-electron chi connectivity index (χ2n) is 3.69. The van der Waals surface area contributed by atoms with E-state index in [2.05, 4.69) is 28.0 Å². The van der Waals surface area contributed by atoms with Gasteiger partial charge in [0.1, 0.15) is 11.5 Å². The molecule has 0 saturated carbocycles. The minimum Gasteiger partial charge on any atom is -0.457 e. The van der Waals surface area contributed by atoms with Crippen LogP contribution in [-0.4, -0.2) is 9.78 Å². The van der Waals surface area contributed by atoms with Crippen LogP contribution in [0.3, 0.4) is 0 Å². The summed E-state index contributed by atoms with van der Waals surface area (Å²) >= 11 is 3.37. The van der Waals surface area contributed by atoms with Crippen LogP contribution >= 0.6 is 15.9 Å². The van der Waals surface area contributed by atoms with Crippen LogP contribution in [-0.2, 0) is 13.5 Å². The summed E-state index contributed by atoms with van der Waals surface area (Å²) in [6.07, 6.45) is 3.60. The summed E-state index contributed by atoms with van der Waals surface area (Å²) in [6.45, 7) is 2.13. The lowest BCUT2D eigenvalue weighted by Crippen LogP contribution is -1.99. The molecule has 0 saturated heterocycles. The normalized spacial score (nSPS) is 10.9. The van der Waals surface area contributed by atoms with E-state index in [-0.39, 0.29) is 0 Å². The van der Waals surface area contributed by atoms with Crippen LogP contribution in [0.4, 0.5) is 5.82 Å². The molecule has 0 atom stereocenters. The maximum atomic E-state index is 6.00. The van der Waals surface area contributed by atoms with Crippen LogP contribution in [0.15, 0.2) is 21.4 Å². The fourth-order valence-corrected chi connectivity index (χ4v) is 2.18. The van der Waals surface area contributed by atoms with Crippen molar-refractivity contribution in [1.82, 2.24) is 9.78 Å². The third-order valence-electron chi connectivity index (χ3n) is 2.57. The molecule has 0 fully saturated rings. The van der Waals surface area contributed by atoms with E-state index in [0.29, 0.717) is 4.67 Å². The topological polar surface area (TPSA) is 57.0 Å². The smallest absolute Gasteiger partial charge is 0.178 e. The first-order valence-electron chi connectivity index (χ1n) is 5.19. The quantitative estimate of drug-likeness (QED) is 0.942. The minimum absolute atomic E-state index is 0.697. The molecule has 0 unspecified atom stereocenters. The van der Waals surface area contributed by atoms with Crippen LogP contribution < -0.4 is 5.73 Å². The molecule has 0 amide bonds. The second kappa shape index (κ2) is 4.33. The molecule has 0 aliphatic rings. The number of nitrogens with zero attached hydrogens (tertiary/aromatic N) is 2. The second-order valence-corrected chi connectivity index (χ2v) is 4.41. The van der Waals surface area contributed by atoms with Crippen LogP contribution in [0.5, 0.6) is 0 Å². The molecule has 86 valence electrons. The van der Waals surface area contributed by atoms with Crippen molar-refractivity contribution in [2.24, 2.45) is 7.05 Å². The zero-order chi connectivity index (χ0) is 11.7. The molecule has 0 bridgehead atoms. The summed E-state index contributed by atoms with van der Waals surface area (Å²) in [6, 6.07) is 1.89. The summed E-state index contributed by atoms with van der Waals surface area (Å²) in [5.41, 5.74) is 8.95. The van der Waals surface area contributed by atoms with Crippen LogP contribution in [0, 0.1) is 0 Å². The zero-order valence-corrected chi connectivity index (χ0v) is 10.9. The Morgan fingerprint density at radius 3 is 2.88 bits per heavy atom. The highest BCUT2D eigenvalue weighted by Gasteiger charge is 2.18. The minimum atomic E-state index is 0.697. The van der Waals surface area contributed by atoms with Gasteiger partial charge in [-0.2, -0.15) is 5.10 Å². The number of aromatic nitrogens is 2. The first kappa shape index (κ1) is 11.3. The molecule has 2 rings (SSSR count). The Kier molecular flexibility index (Phi) is 3.05. The van der Waals surface area contributed by atoms with E-state index in [1.54, 1.807) is 10.9 Å². The molecular formula is C11H14BrN3O. The molecule has 4 nitrogen and oxygen atoms in total. The first-order valence-corrected chi connectivity index (χ1v) is 5.99. The maximum absolute atomic E-state index is 6.00. The lowest BCUT2D eigenvalue weighted by atomic mass is 10.1. The van der Waals surface area contributed by atoms with Crippen molar-refractivity contribution in [3.63, 3.8) is 0 Å². The molecule has 0 radical (unpaired) electrons. The molecular weight excluding hydrogens is 270 g/mol. The van der Waals surface area contributed by atoms with Gasteiger partial charge in [0, 0.05) is 12.6 Å². The molecule has 0 spiro atoms. The van der Waals surface area contributed by atoms with Crippen molar-refractivity contribution in [3.05, 3.63) is 22.6 Å². The van der Waals surface area contributed by atoms with E-state index < -0.39 is 0 Å². The van der Waals surface area contributed by atoms with E-state index >= 15 is 0 Å². The Hall–Kier alpha value is -1.23. The Bertz CT molecular complexity index is 501. The average Bonchev–Trinajstić information content (AvgIpc) is 2.77. The zero-order valence-electron chi connectivity index (χ0n) is 9.33. The predicted molar refractivity (Wildman–Crippen MR) is 67.0 cm³/mol. The largest absolute Gasteiger partial charge is 0.457 e. The van der Waals surface area contributed by atoms with Gasteiger partial charge in [0.05, 0.1) is 11.8 Å². The van der Waals surface area contributed by atoms with Gasteiger partial charge in [-0.05, 0) is 28.4 Å². The molecule has 16 heavy (non-hydrogen) atoms. The molecule has 0 aliphatic carbocycles. The van der Waals surface area contributed by atoms with Gasteiger partial charge < -0.3 is 10.2 Å². The average molecular weight is 284 g/mol. The van der Waals surface area contributed by atoms with E-state index in [4.69, 9.17) is 10.2 Å². The van der Waals surface area contributed by atoms with E-state index in [0.717, 1.165) is 35.5 Å². The van der Waals surface area contributed by atoms with Gasteiger partial charge in [-0.15, -0.1) is 0 Å². The standard InChI is InChI=1S/C11H14BrN3O/c1-3-4-8-9(14-15(2)11(8)13)7-5-6-16-10(7)12/h5-6H,3-4,13H2,1-2H3. The molecule has 5 heteroatoms. The molecule has 2 aromatic heterocycles. The Labute approximate surface area is 103 Å². The number of hydrogen-bond donors (Lipinski definition) is 1. The number of anilines is 1. The highest BCUT2D eigenvalue weighted by Crippen LogP contribution is 2.33. The monoisotopic (exact) mass is 283 g/mol. The Morgan fingerprint density at radius 2 is 2.31 bits per heavy atom. The van der Waals surface area contributed by atoms with Gasteiger partial charge >= 0.3 is 0 Å². The number of aryl methyl sites for hydroxylation is 1. The van der Waals surface area contributed by atoms with Crippen molar-refractivity contribution in [2.45, 2.75) is 19.8 Å². The molecule has 0 aliphatic heterocycles. The SMILES string of the molecule is CCCc1c(-c2ccoc2Br)nn(C)c1N. The summed E-state index contributed by atoms with van der Waals surface area (Å²) < 4.78 is 7.63. The third-order valence-corrected chi connectivity index (χ3v) is 3.18. The molecule has 2 aromatic rings. The molecule has 2 heterocycles. The Balaban J connectivity index is 2.56. The highest BCUT2D eigenvalue weighted by atomic mass is 79.9. The summed E-state index contributed by atoms with van der Waals surface area (Å²) in [4.78, 5) is 0. The summed E-state index contributed by atoms with van der Waals surface area (Å²) in [7, 11) is 1.85. The number of hydrogen-bond acceptors (Lipinski definition) is 3. The van der Waals surface area contributed by atoms with Crippen LogP contribution in [0.25, 0.3) is 11.3 Å². The number of nitrogen functional groups attached to an aromatic ring is 1. The Morgan fingerprint density at radius 1 is 1.56 bits per heavy atom. The van der Waals surface area contributed by atoms with Gasteiger partial charge in [-0.3, -0.25) is 4.68 Å². The van der Waals surface area contributed by atoms with Crippen molar-refractivity contribution in [1.29, 1.82) is 0 Å². The van der Waals surface area contributed by atoms with Gasteiger partial charge in [-0.25, -0.2) is 0 Å². The first-order chi connectivity index (χ1) is 7.65. The molecule has 0 aromatic carbocycles. The summed E-state index contributed by atoms with van der Waals surface area (Å²) in [5.74, 6) is 0.727. The predicted octanol–water partition coefficient (Wildman–Crippen LogP) is 2.98. The summed E-state index contributed by atoms with van der Waals surface area (Å²) in [5, 5.41) is 4.43. The van der Waals surface area contributed by atoms with Crippen molar-refractivity contribution < 1.29 is 4.42 Å². The fourth-order valence-electron chi connectivity index (χ4n) is 1.76. The third kappa shape index (κ3) is 1.75. The highest BCUT2D eigenvalue weighted by molar-refractivity contribution is 9.10. The fraction of sp³-hybridized carbons (Fsp3) is 0.364. The molecule has 2 N–H and O–H groups in total. The number of rotatable bonds is 3. The van der Waals surface area contributed by atoms with E-state index in [1.807, 2.05) is 13.1 Å². The van der Waals surface area contributed by atoms with Gasteiger partial charge in [0.2, 0.25) is 0 Å². The van der Waals surface area contributed by atoms with Crippen molar-refractivity contribution >= 4 is 21.7 Å². The lowest BCUT2D eigenvalue weighted by Gasteiger charge is -2.00. The van der Waals surface area contributed by atoms with Crippen LogP contribution in [0.1, 0.15) is 18.9 Å². The van der Waals surface area contributed by atoms with E-state index in [1.165, 1.54) is 0 Å². The number of halogens is 1. The van der Waals surface area contributed by atoms with Gasteiger partial charge in [0.15, 0.2) is 4.67 Å².